The van der Waals surface area contributed by atoms with Crippen LogP contribution < -0.4 is 5.32 Å². The first-order valence-corrected chi connectivity index (χ1v) is 8.96. The topological polar surface area (TPSA) is 57.8 Å². The van der Waals surface area contributed by atoms with Crippen molar-refractivity contribution in [2.24, 2.45) is 5.92 Å². The largest absolute Gasteiger partial charge is 0.392 e. The number of halogens is 3. The maximum absolute atomic E-state index is 13.4. The second-order valence-electron chi connectivity index (χ2n) is 6.92. The molecule has 0 fully saturated rings. The molecule has 0 bridgehead atoms. The summed E-state index contributed by atoms with van der Waals surface area (Å²) >= 11 is 0. The number of aromatic amines is 1. The highest BCUT2D eigenvalue weighted by Crippen LogP contribution is 2.47. The van der Waals surface area contributed by atoms with Crippen molar-refractivity contribution in [3.63, 3.8) is 0 Å². The van der Waals surface area contributed by atoms with E-state index in [-0.39, 0.29) is 12.8 Å². The van der Waals surface area contributed by atoms with Crippen molar-refractivity contribution in [1.82, 2.24) is 9.97 Å². The van der Waals surface area contributed by atoms with Gasteiger partial charge in [0.25, 0.3) is 0 Å². The summed E-state index contributed by atoms with van der Waals surface area (Å²) in [6, 6.07) is 12.9. The van der Waals surface area contributed by atoms with Gasteiger partial charge in [-0.3, -0.25) is 4.98 Å². The van der Waals surface area contributed by atoms with E-state index in [4.69, 9.17) is 0 Å². The Morgan fingerprint density at radius 1 is 1.11 bits per heavy atom. The van der Waals surface area contributed by atoms with E-state index in [1.807, 2.05) is 30.3 Å². The van der Waals surface area contributed by atoms with E-state index in [1.54, 1.807) is 24.5 Å². The van der Waals surface area contributed by atoms with Crippen LogP contribution in [-0.4, -0.2) is 22.4 Å². The zero-order valence-electron chi connectivity index (χ0n) is 14.8. The highest BCUT2D eigenvalue weighted by atomic mass is 19.4. The SMILES string of the molecule is O=CC1C[C@@H](C(F)(F)F)Cc2[nH]c(-c3ccncc3)c(Nc3ccccc3)c21. The van der Waals surface area contributed by atoms with Crippen molar-refractivity contribution in [2.75, 3.05) is 5.32 Å². The summed E-state index contributed by atoms with van der Waals surface area (Å²) in [5.74, 6) is -2.36. The minimum absolute atomic E-state index is 0.169. The van der Waals surface area contributed by atoms with Crippen LogP contribution in [0.25, 0.3) is 11.3 Å². The van der Waals surface area contributed by atoms with E-state index < -0.39 is 18.0 Å². The van der Waals surface area contributed by atoms with Crippen molar-refractivity contribution < 1.29 is 18.0 Å². The number of carbonyl (C=O) groups is 1. The van der Waals surface area contributed by atoms with Crippen LogP contribution >= 0.6 is 0 Å². The minimum Gasteiger partial charge on any atom is -0.356 e. The molecule has 0 spiro atoms. The molecule has 28 heavy (non-hydrogen) atoms. The van der Waals surface area contributed by atoms with E-state index in [1.165, 1.54) is 0 Å². The number of anilines is 2. The fourth-order valence-electron chi connectivity index (χ4n) is 3.79. The normalized spacial score (nSPS) is 19.1. The zero-order valence-corrected chi connectivity index (χ0v) is 14.8. The molecule has 4 rings (SSSR count). The van der Waals surface area contributed by atoms with Crippen molar-refractivity contribution >= 4 is 17.7 Å². The molecule has 0 amide bonds. The van der Waals surface area contributed by atoms with Gasteiger partial charge < -0.3 is 15.1 Å². The molecule has 2 aromatic heterocycles. The standard InChI is InChI=1S/C21H18F3N3O/c22-21(23,24)15-10-14(12-28)18-17(11-15)27-19(13-6-8-25-9-7-13)20(18)26-16-4-2-1-3-5-16/h1-9,12,14-15,26-27H,10-11H2/t14?,15-/m1/s1. The molecule has 0 saturated heterocycles. The number of para-hydroxylation sites is 1. The third-order valence-corrected chi connectivity index (χ3v) is 5.12. The zero-order chi connectivity index (χ0) is 19.7. The summed E-state index contributed by atoms with van der Waals surface area (Å²) < 4.78 is 40.1. The first kappa shape index (κ1) is 18.3. The van der Waals surface area contributed by atoms with Gasteiger partial charge >= 0.3 is 6.18 Å². The Morgan fingerprint density at radius 3 is 2.46 bits per heavy atom. The molecule has 0 radical (unpaired) electrons. The van der Waals surface area contributed by atoms with Gasteiger partial charge in [0.1, 0.15) is 6.29 Å². The third kappa shape index (κ3) is 3.40. The maximum atomic E-state index is 13.4. The average molecular weight is 385 g/mol. The van der Waals surface area contributed by atoms with E-state index in [9.17, 15) is 18.0 Å². The lowest BCUT2D eigenvalue weighted by Gasteiger charge is -2.28. The van der Waals surface area contributed by atoms with Crippen LogP contribution in [0.4, 0.5) is 24.5 Å². The first-order chi connectivity index (χ1) is 13.5. The molecule has 1 aromatic carbocycles. The number of H-pyrrole nitrogens is 1. The number of nitrogens with one attached hydrogen (secondary N) is 2. The number of fused-ring (bicyclic) bond motifs is 1. The van der Waals surface area contributed by atoms with E-state index in [0.29, 0.717) is 28.9 Å². The smallest absolute Gasteiger partial charge is 0.356 e. The van der Waals surface area contributed by atoms with Crippen LogP contribution in [0.5, 0.6) is 0 Å². The number of aromatic nitrogens is 2. The van der Waals surface area contributed by atoms with Crippen molar-refractivity contribution in [1.29, 1.82) is 0 Å². The molecular formula is C21H18F3N3O. The molecule has 2 atom stereocenters. The molecule has 4 nitrogen and oxygen atoms in total. The second-order valence-corrected chi connectivity index (χ2v) is 6.92. The van der Waals surface area contributed by atoms with Crippen LogP contribution in [0.2, 0.25) is 0 Å². The van der Waals surface area contributed by atoms with Gasteiger partial charge in [0.05, 0.1) is 17.3 Å². The number of hydrogen-bond donors (Lipinski definition) is 2. The molecule has 0 aliphatic heterocycles. The summed E-state index contributed by atoms with van der Waals surface area (Å²) in [4.78, 5) is 18.9. The monoisotopic (exact) mass is 385 g/mol. The van der Waals surface area contributed by atoms with Gasteiger partial charge in [0.15, 0.2) is 0 Å². The van der Waals surface area contributed by atoms with Crippen LogP contribution in [0.15, 0.2) is 54.9 Å². The number of pyridine rings is 1. The molecule has 0 saturated carbocycles. The summed E-state index contributed by atoms with van der Waals surface area (Å²) in [5, 5.41) is 3.31. The summed E-state index contributed by atoms with van der Waals surface area (Å²) in [6.07, 6.45) is -0.881. The van der Waals surface area contributed by atoms with Crippen LogP contribution in [0.3, 0.4) is 0 Å². The van der Waals surface area contributed by atoms with E-state index in [0.717, 1.165) is 11.3 Å². The molecule has 2 heterocycles. The lowest BCUT2D eigenvalue weighted by molar-refractivity contribution is -0.178. The average Bonchev–Trinajstić information content (AvgIpc) is 3.06. The number of alkyl halides is 3. The Bertz CT molecular complexity index is 968. The Morgan fingerprint density at radius 2 is 1.82 bits per heavy atom. The van der Waals surface area contributed by atoms with E-state index in [2.05, 4.69) is 15.3 Å². The Labute approximate surface area is 159 Å². The fourth-order valence-corrected chi connectivity index (χ4v) is 3.79. The number of nitrogens with zero attached hydrogens (tertiary/aromatic N) is 1. The molecule has 1 aliphatic rings. The number of hydrogen-bond acceptors (Lipinski definition) is 3. The molecular weight excluding hydrogens is 367 g/mol. The molecule has 1 unspecified atom stereocenters. The van der Waals surface area contributed by atoms with Crippen molar-refractivity contribution in [3.05, 3.63) is 66.1 Å². The predicted octanol–water partition coefficient (Wildman–Crippen LogP) is 5.23. The number of carbonyl (C=O) groups excluding carboxylic acids is 1. The second kappa shape index (κ2) is 7.14. The fraction of sp³-hybridized carbons (Fsp3) is 0.238. The van der Waals surface area contributed by atoms with Crippen molar-refractivity contribution in [2.45, 2.75) is 24.9 Å². The number of rotatable bonds is 4. The minimum atomic E-state index is -4.34. The Kier molecular flexibility index (Phi) is 4.66. The summed E-state index contributed by atoms with van der Waals surface area (Å²) in [6.45, 7) is 0. The molecule has 7 heteroatoms. The lowest BCUT2D eigenvalue weighted by atomic mass is 9.79. The van der Waals surface area contributed by atoms with E-state index >= 15 is 0 Å². The predicted molar refractivity (Wildman–Crippen MR) is 100 cm³/mol. The van der Waals surface area contributed by atoms with Gasteiger partial charge in [-0.15, -0.1) is 0 Å². The molecule has 3 aromatic rings. The summed E-state index contributed by atoms with van der Waals surface area (Å²) in [7, 11) is 0. The molecule has 2 N–H and O–H groups in total. The highest BCUT2D eigenvalue weighted by molar-refractivity contribution is 5.86. The number of benzene rings is 1. The van der Waals surface area contributed by atoms with Gasteiger partial charge in [0.2, 0.25) is 0 Å². The van der Waals surface area contributed by atoms with Gasteiger partial charge in [-0.2, -0.15) is 13.2 Å². The maximum Gasteiger partial charge on any atom is 0.392 e. The lowest BCUT2D eigenvalue weighted by Crippen LogP contribution is -2.31. The molecule has 144 valence electrons. The Balaban J connectivity index is 1.86. The molecule has 1 aliphatic carbocycles. The first-order valence-electron chi connectivity index (χ1n) is 8.96. The Hall–Kier alpha value is -3.09. The van der Waals surface area contributed by atoms with Crippen LogP contribution in [-0.2, 0) is 11.2 Å². The highest BCUT2D eigenvalue weighted by Gasteiger charge is 2.45. The third-order valence-electron chi connectivity index (χ3n) is 5.12. The number of aldehydes is 1. The summed E-state index contributed by atoms with van der Waals surface area (Å²) in [5.41, 5.74) is 3.95. The van der Waals surface area contributed by atoms with Crippen LogP contribution in [0.1, 0.15) is 23.6 Å². The van der Waals surface area contributed by atoms with Gasteiger partial charge in [-0.05, 0) is 37.1 Å². The quantitative estimate of drug-likeness (QED) is 0.605. The van der Waals surface area contributed by atoms with Gasteiger partial charge in [-0.1, -0.05) is 18.2 Å². The van der Waals surface area contributed by atoms with Gasteiger partial charge in [0, 0.05) is 40.8 Å². The van der Waals surface area contributed by atoms with Crippen molar-refractivity contribution in [3.8, 4) is 11.3 Å². The van der Waals surface area contributed by atoms with Crippen LogP contribution in [0, 0.1) is 5.92 Å². The van der Waals surface area contributed by atoms with Gasteiger partial charge in [-0.25, -0.2) is 0 Å².